The minimum atomic E-state index is -4.01. The van der Waals surface area contributed by atoms with Crippen molar-refractivity contribution in [2.75, 3.05) is 16.2 Å². The van der Waals surface area contributed by atoms with E-state index in [4.69, 9.17) is 5.11 Å². The first-order chi connectivity index (χ1) is 8.03. The molecule has 0 bridgehead atoms. The molecular formula is C9H11NO6S2. The second kappa shape index (κ2) is 4.58. The fraction of sp³-hybridized carbons (Fsp3) is 0.222. The van der Waals surface area contributed by atoms with Crippen molar-refractivity contribution < 1.29 is 26.7 Å². The number of nitrogens with zero attached hydrogens (tertiary/aromatic N) is 1. The number of rotatable bonds is 4. The Morgan fingerprint density at radius 2 is 1.39 bits per heavy atom. The van der Waals surface area contributed by atoms with Crippen LogP contribution in [0.1, 0.15) is 10.4 Å². The van der Waals surface area contributed by atoms with Crippen molar-refractivity contribution in [3.05, 3.63) is 29.8 Å². The lowest BCUT2D eigenvalue weighted by atomic mass is 10.2. The molecule has 0 amide bonds. The van der Waals surface area contributed by atoms with E-state index in [2.05, 4.69) is 0 Å². The van der Waals surface area contributed by atoms with E-state index in [9.17, 15) is 21.6 Å². The van der Waals surface area contributed by atoms with Crippen LogP contribution in [-0.2, 0) is 20.0 Å². The molecular weight excluding hydrogens is 282 g/mol. The Hall–Kier alpha value is -1.61. The summed E-state index contributed by atoms with van der Waals surface area (Å²) >= 11 is 0. The van der Waals surface area contributed by atoms with Gasteiger partial charge in [-0.25, -0.2) is 21.6 Å². The molecule has 0 aromatic heterocycles. The summed E-state index contributed by atoms with van der Waals surface area (Å²) in [6.07, 6.45) is 1.50. The molecule has 0 radical (unpaired) electrons. The number of hydrogen-bond donors (Lipinski definition) is 1. The molecule has 0 aliphatic rings. The lowest BCUT2D eigenvalue weighted by Gasteiger charge is -2.19. The average Bonchev–Trinajstić information content (AvgIpc) is 2.13. The van der Waals surface area contributed by atoms with Gasteiger partial charge >= 0.3 is 5.97 Å². The van der Waals surface area contributed by atoms with Crippen molar-refractivity contribution in [3.8, 4) is 0 Å². The molecule has 0 saturated carbocycles. The van der Waals surface area contributed by atoms with E-state index in [0.717, 1.165) is 36.8 Å². The molecule has 0 spiro atoms. The Labute approximate surface area is 105 Å². The molecule has 0 aliphatic carbocycles. The van der Waals surface area contributed by atoms with Crippen LogP contribution in [0.3, 0.4) is 0 Å². The maximum atomic E-state index is 11.4. The van der Waals surface area contributed by atoms with E-state index in [-0.39, 0.29) is 15.0 Å². The number of sulfonamides is 2. The van der Waals surface area contributed by atoms with Crippen LogP contribution in [0.25, 0.3) is 0 Å². The number of hydrogen-bond acceptors (Lipinski definition) is 5. The predicted molar refractivity (Wildman–Crippen MR) is 65.6 cm³/mol. The Bertz CT molecular complexity index is 628. The highest BCUT2D eigenvalue weighted by molar-refractivity contribution is 8.09. The maximum Gasteiger partial charge on any atom is 0.335 e. The summed E-state index contributed by atoms with van der Waals surface area (Å²) in [4.78, 5) is 10.6. The number of anilines is 1. The fourth-order valence-corrected chi connectivity index (χ4v) is 4.33. The third-order valence-electron chi connectivity index (χ3n) is 1.93. The van der Waals surface area contributed by atoms with Crippen molar-refractivity contribution in [3.63, 3.8) is 0 Å². The number of carboxylic acid groups (broad SMARTS) is 1. The minimum absolute atomic E-state index is 0.0688. The van der Waals surface area contributed by atoms with Crippen LogP contribution < -0.4 is 3.71 Å². The van der Waals surface area contributed by atoms with Gasteiger partial charge < -0.3 is 5.11 Å². The highest BCUT2D eigenvalue weighted by Crippen LogP contribution is 2.21. The zero-order valence-electron chi connectivity index (χ0n) is 9.56. The Morgan fingerprint density at radius 1 is 1.00 bits per heavy atom. The summed E-state index contributed by atoms with van der Waals surface area (Å²) in [5, 5.41) is 8.68. The monoisotopic (exact) mass is 293 g/mol. The molecule has 18 heavy (non-hydrogen) atoms. The molecule has 1 rings (SSSR count). The molecule has 0 heterocycles. The van der Waals surface area contributed by atoms with Crippen LogP contribution in [-0.4, -0.2) is 40.4 Å². The third kappa shape index (κ3) is 3.20. The summed E-state index contributed by atoms with van der Waals surface area (Å²) in [5.41, 5.74) is -0.203. The molecule has 0 saturated heterocycles. The second-order valence-corrected chi connectivity index (χ2v) is 7.47. The van der Waals surface area contributed by atoms with Gasteiger partial charge in [0.2, 0.25) is 20.0 Å². The number of benzene rings is 1. The molecule has 1 N–H and O–H groups in total. The van der Waals surface area contributed by atoms with Crippen molar-refractivity contribution >= 4 is 31.7 Å². The zero-order valence-corrected chi connectivity index (χ0v) is 11.2. The van der Waals surface area contributed by atoms with Gasteiger partial charge in [0, 0.05) is 0 Å². The van der Waals surface area contributed by atoms with Gasteiger partial charge in [0.25, 0.3) is 0 Å². The van der Waals surface area contributed by atoms with E-state index in [0.29, 0.717) is 0 Å². The number of carboxylic acids is 1. The lowest BCUT2D eigenvalue weighted by Crippen LogP contribution is -2.35. The molecule has 1 aromatic carbocycles. The first kappa shape index (κ1) is 14.5. The van der Waals surface area contributed by atoms with Gasteiger partial charge in [-0.3, -0.25) is 0 Å². The smallest absolute Gasteiger partial charge is 0.335 e. The summed E-state index contributed by atoms with van der Waals surface area (Å²) in [6, 6.07) is 4.49. The second-order valence-electron chi connectivity index (χ2n) is 3.58. The standard InChI is InChI=1S/C9H11NO6S2/c1-17(13,14)10(18(2,15)16)8-5-3-7(4-6-8)9(11)12/h3-6H,1-2H3,(H,11,12). The van der Waals surface area contributed by atoms with Gasteiger partial charge in [0.15, 0.2) is 0 Å². The third-order valence-corrected chi connectivity index (χ3v) is 5.18. The zero-order chi connectivity index (χ0) is 14.1. The molecule has 0 fully saturated rings. The summed E-state index contributed by atoms with van der Waals surface area (Å²) in [5.74, 6) is -1.19. The molecule has 0 unspecified atom stereocenters. The highest BCUT2D eigenvalue weighted by Gasteiger charge is 2.27. The largest absolute Gasteiger partial charge is 0.478 e. The first-order valence-corrected chi connectivity index (χ1v) is 8.27. The maximum absolute atomic E-state index is 11.4. The summed E-state index contributed by atoms with van der Waals surface area (Å²) in [6.45, 7) is 0. The van der Waals surface area contributed by atoms with E-state index < -0.39 is 26.0 Å². The number of aromatic carboxylic acids is 1. The molecule has 9 heteroatoms. The van der Waals surface area contributed by atoms with Gasteiger partial charge in [-0.1, -0.05) is 0 Å². The summed E-state index contributed by atoms with van der Waals surface area (Å²) < 4.78 is 46.0. The van der Waals surface area contributed by atoms with Crippen molar-refractivity contribution in [1.82, 2.24) is 0 Å². The van der Waals surface area contributed by atoms with E-state index >= 15 is 0 Å². The van der Waals surface area contributed by atoms with E-state index in [1.54, 1.807) is 0 Å². The van der Waals surface area contributed by atoms with Crippen LogP contribution in [0.15, 0.2) is 24.3 Å². The quantitative estimate of drug-likeness (QED) is 0.844. The first-order valence-electron chi connectivity index (χ1n) is 4.57. The van der Waals surface area contributed by atoms with Crippen molar-refractivity contribution in [2.24, 2.45) is 0 Å². The van der Waals surface area contributed by atoms with Gasteiger partial charge in [-0.05, 0) is 24.3 Å². The minimum Gasteiger partial charge on any atom is -0.478 e. The van der Waals surface area contributed by atoms with Crippen molar-refractivity contribution in [1.29, 1.82) is 0 Å². The molecule has 0 aliphatic heterocycles. The predicted octanol–water partition coefficient (Wildman–Crippen LogP) is 0.110. The topological polar surface area (TPSA) is 109 Å². The lowest BCUT2D eigenvalue weighted by molar-refractivity contribution is 0.0697. The van der Waals surface area contributed by atoms with Gasteiger partial charge in [0.05, 0.1) is 23.8 Å². The Morgan fingerprint density at radius 3 is 1.67 bits per heavy atom. The van der Waals surface area contributed by atoms with Crippen LogP contribution in [0, 0.1) is 0 Å². The normalized spacial score (nSPS) is 12.1. The molecule has 0 atom stereocenters. The SMILES string of the molecule is CS(=O)(=O)N(c1ccc(C(=O)O)cc1)S(C)(=O)=O. The fourth-order valence-electron chi connectivity index (χ4n) is 1.35. The van der Waals surface area contributed by atoms with Crippen LogP contribution >= 0.6 is 0 Å². The highest BCUT2D eigenvalue weighted by atomic mass is 32.3. The Kier molecular flexibility index (Phi) is 3.67. The molecule has 7 nitrogen and oxygen atoms in total. The van der Waals surface area contributed by atoms with Crippen LogP contribution in [0.2, 0.25) is 0 Å². The van der Waals surface area contributed by atoms with Crippen molar-refractivity contribution in [2.45, 2.75) is 0 Å². The molecule has 100 valence electrons. The number of carbonyl (C=O) groups is 1. The van der Waals surface area contributed by atoms with Gasteiger partial charge in [0.1, 0.15) is 0 Å². The van der Waals surface area contributed by atoms with Crippen LogP contribution in [0.4, 0.5) is 5.69 Å². The van der Waals surface area contributed by atoms with Gasteiger partial charge in [-0.15, -0.1) is 0 Å². The average molecular weight is 293 g/mol. The molecule has 1 aromatic rings. The van der Waals surface area contributed by atoms with Gasteiger partial charge in [-0.2, -0.15) is 3.71 Å². The van der Waals surface area contributed by atoms with E-state index in [1.807, 2.05) is 0 Å². The van der Waals surface area contributed by atoms with Crippen LogP contribution in [0.5, 0.6) is 0 Å². The summed E-state index contributed by atoms with van der Waals surface area (Å²) in [7, 11) is -8.02. The van der Waals surface area contributed by atoms with E-state index in [1.165, 1.54) is 0 Å². The Balaban J connectivity index is 3.38.